The third-order valence-electron chi connectivity index (χ3n) is 1.42. The molecule has 0 amide bonds. The molecular formula is C8H6BrF3O. The van der Waals surface area contributed by atoms with Gasteiger partial charge in [0, 0.05) is 0 Å². The Balaban J connectivity index is 2.70. The first-order valence-corrected chi connectivity index (χ1v) is 4.10. The molecule has 0 aliphatic heterocycles. The number of hydrogen-bond donors (Lipinski definition) is 0. The fourth-order valence-corrected chi connectivity index (χ4v) is 1.11. The summed E-state index contributed by atoms with van der Waals surface area (Å²) in [4.78, 5) is 0. The Morgan fingerprint density at radius 3 is 2.08 bits per heavy atom. The smallest absolute Gasteiger partial charge is 0.393 e. The Hall–Kier alpha value is -0.710. The first-order chi connectivity index (χ1) is 6.01. The summed E-state index contributed by atoms with van der Waals surface area (Å²) in [6.07, 6.45) is -5.06. The van der Waals surface area contributed by atoms with Gasteiger partial charge in [-0.15, -0.1) is 0 Å². The fraction of sp³-hybridized carbons (Fsp3) is 0.250. The molecular weight excluding hydrogens is 249 g/mol. The second-order valence-corrected chi connectivity index (χ2v) is 2.84. The Morgan fingerprint density at radius 1 is 1.15 bits per heavy atom. The van der Waals surface area contributed by atoms with Crippen LogP contribution in [0.3, 0.4) is 0 Å². The van der Waals surface area contributed by atoms with Gasteiger partial charge in [0.1, 0.15) is 5.75 Å². The Kier molecular flexibility index (Phi) is 3.19. The van der Waals surface area contributed by atoms with Gasteiger partial charge < -0.3 is 3.83 Å². The zero-order chi connectivity index (χ0) is 9.90. The molecule has 72 valence electrons. The van der Waals surface area contributed by atoms with Crippen molar-refractivity contribution < 1.29 is 17.0 Å². The largest absolute Gasteiger partial charge is 0.418 e. The van der Waals surface area contributed by atoms with E-state index in [-0.39, 0.29) is 5.56 Å². The zero-order valence-electron chi connectivity index (χ0n) is 6.44. The van der Waals surface area contributed by atoms with Gasteiger partial charge in [0.05, 0.1) is 6.42 Å². The number of hydrogen-bond acceptors (Lipinski definition) is 1. The van der Waals surface area contributed by atoms with Crippen LogP contribution in [0.1, 0.15) is 5.56 Å². The number of alkyl halides is 3. The lowest BCUT2D eigenvalue weighted by atomic mass is 10.1. The summed E-state index contributed by atoms with van der Waals surface area (Å²) in [6, 6.07) is 5.69. The van der Waals surface area contributed by atoms with E-state index in [1.54, 1.807) is 0 Å². The molecule has 0 aliphatic carbocycles. The molecule has 0 heterocycles. The second-order valence-electron chi connectivity index (χ2n) is 2.51. The molecule has 0 radical (unpaired) electrons. The van der Waals surface area contributed by atoms with Crippen LogP contribution in [0.25, 0.3) is 0 Å². The van der Waals surface area contributed by atoms with Gasteiger partial charge in [-0.05, 0) is 17.7 Å². The van der Waals surface area contributed by atoms with E-state index < -0.39 is 12.6 Å². The van der Waals surface area contributed by atoms with Crippen molar-refractivity contribution in [1.82, 2.24) is 0 Å². The topological polar surface area (TPSA) is 9.23 Å². The van der Waals surface area contributed by atoms with Gasteiger partial charge in [0.15, 0.2) is 16.3 Å². The summed E-state index contributed by atoms with van der Waals surface area (Å²) in [5.74, 6) is 0.478. The molecule has 1 aromatic rings. The first kappa shape index (κ1) is 10.4. The van der Waals surface area contributed by atoms with Crippen molar-refractivity contribution in [2.75, 3.05) is 0 Å². The van der Waals surface area contributed by atoms with Crippen LogP contribution >= 0.6 is 16.3 Å². The molecule has 0 bridgehead atoms. The normalized spacial score (nSPS) is 11.4. The van der Waals surface area contributed by atoms with Crippen LogP contribution in [-0.2, 0) is 6.42 Å². The van der Waals surface area contributed by atoms with Crippen molar-refractivity contribution in [3.05, 3.63) is 29.8 Å². The summed E-state index contributed by atoms with van der Waals surface area (Å²) in [5, 5.41) is 0. The molecule has 1 rings (SSSR count). The van der Waals surface area contributed by atoms with Crippen molar-refractivity contribution in [2.45, 2.75) is 12.6 Å². The Morgan fingerprint density at radius 2 is 1.69 bits per heavy atom. The highest BCUT2D eigenvalue weighted by Crippen LogP contribution is 2.22. The summed E-state index contributed by atoms with van der Waals surface area (Å²) in [5.41, 5.74) is 0.223. The third-order valence-corrected chi connectivity index (χ3v) is 1.79. The van der Waals surface area contributed by atoms with Crippen molar-refractivity contribution in [2.24, 2.45) is 0 Å². The quantitative estimate of drug-likeness (QED) is 0.786. The maximum absolute atomic E-state index is 11.9. The summed E-state index contributed by atoms with van der Waals surface area (Å²) in [6.45, 7) is 0. The van der Waals surface area contributed by atoms with Crippen molar-refractivity contribution >= 4 is 16.3 Å². The molecule has 1 nitrogen and oxygen atoms in total. The standard InChI is InChI=1S/C8H6BrF3O/c9-13-7-3-1-6(2-4-7)5-8(10,11)12/h1-4H,5H2. The minimum atomic E-state index is -4.16. The van der Waals surface area contributed by atoms with E-state index in [0.29, 0.717) is 5.75 Å². The third kappa shape index (κ3) is 3.67. The summed E-state index contributed by atoms with van der Waals surface area (Å²) < 4.78 is 40.3. The molecule has 1 aromatic carbocycles. The lowest BCUT2D eigenvalue weighted by Gasteiger charge is -2.05. The van der Waals surface area contributed by atoms with Crippen molar-refractivity contribution in [1.29, 1.82) is 0 Å². The van der Waals surface area contributed by atoms with Gasteiger partial charge in [-0.3, -0.25) is 0 Å². The SMILES string of the molecule is FC(F)(F)Cc1ccc(OBr)cc1. The lowest BCUT2D eigenvalue weighted by Crippen LogP contribution is -2.11. The highest BCUT2D eigenvalue weighted by molar-refractivity contribution is 9.06. The molecule has 5 heteroatoms. The van der Waals surface area contributed by atoms with E-state index in [1.807, 2.05) is 0 Å². The second kappa shape index (κ2) is 4.00. The molecule has 0 unspecified atom stereocenters. The van der Waals surface area contributed by atoms with Crippen LogP contribution in [0, 0.1) is 0 Å². The molecule has 0 atom stereocenters. The van der Waals surface area contributed by atoms with E-state index in [4.69, 9.17) is 0 Å². The molecule has 13 heavy (non-hydrogen) atoms. The molecule has 0 N–H and O–H groups in total. The van der Waals surface area contributed by atoms with E-state index in [9.17, 15) is 13.2 Å². The number of halogens is 4. The van der Waals surface area contributed by atoms with E-state index in [2.05, 4.69) is 20.1 Å². The van der Waals surface area contributed by atoms with E-state index in [1.165, 1.54) is 24.3 Å². The van der Waals surface area contributed by atoms with E-state index >= 15 is 0 Å². The summed E-state index contributed by atoms with van der Waals surface area (Å²) in [7, 11) is 0. The molecule has 0 aromatic heterocycles. The number of benzene rings is 1. The maximum Gasteiger partial charge on any atom is 0.393 e. The van der Waals surface area contributed by atoms with Gasteiger partial charge >= 0.3 is 6.18 Å². The minimum Gasteiger partial charge on any atom is -0.418 e. The monoisotopic (exact) mass is 254 g/mol. The predicted octanol–water partition coefficient (Wildman–Crippen LogP) is 3.48. The van der Waals surface area contributed by atoms with Gasteiger partial charge in [-0.25, -0.2) is 0 Å². The van der Waals surface area contributed by atoms with Crippen LogP contribution in [0.2, 0.25) is 0 Å². The first-order valence-electron chi connectivity index (χ1n) is 3.45. The highest BCUT2D eigenvalue weighted by Gasteiger charge is 2.27. The van der Waals surface area contributed by atoms with Crippen LogP contribution in [0.15, 0.2) is 24.3 Å². The van der Waals surface area contributed by atoms with Gasteiger partial charge in [0.25, 0.3) is 0 Å². The molecule has 0 spiro atoms. The molecule has 0 saturated carbocycles. The number of rotatable bonds is 2. The minimum absolute atomic E-state index is 0.223. The fourth-order valence-electron chi connectivity index (χ4n) is 0.890. The van der Waals surface area contributed by atoms with Gasteiger partial charge in [-0.2, -0.15) is 13.2 Å². The van der Waals surface area contributed by atoms with Crippen LogP contribution in [0.5, 0.6) is 5.75 Å². The van der Waals surface area contributed by atoms with Crippen molar-refractivity contribution in [3.63, 3.8) is 0 Å². The lowest BCUT2D eigenvalue weighted by molar-refractivity contribution is -0.127. The predicted molar refractivity (Wildman–Crippen MR) is 45.8 cm³/mol. The Bertz CT molecular complexity index is 268. The average molecular weight is 255 g/mol. The summed E-state index contributed by atoms with van der Waals surface area (Å²) >= 11 is 2.72. The molecule has 0 aliphatic rings. The van der Waals surface area contributed by atoms with Crippen molar-refractivity contribution in [3.8, 4) is 5.75 Å². The Labute approximate surface area is 82.0 Å². The van der Waals surface area contributed by atoms with E-state index in [0.717, 1.165) is 0 Å². The highest BCUT2D eigenvalue weighted by atomic mass is 79.9. The van der Waals surface area contributed by atoms with Gasteiger partial charge in [0.2, 0.25) is 0 Å². The van der Waals surface area contributed by atoms with Gasteiger partial charge in [-0.1, -0.05) is 12.1 Å². The average Bonchev–Trinajstić information content (AvgIpc) is 2.03. The zero-order valence-corrected chi connectivity index (χ0v) is 8.02. The van der Waals surface area contributed by atoms with Crippen LogP contribution < -0.4 is 3.83 Å². The van der Waals surface area contributed by atoms with Crippen LogP contribution in [0.4, 0.5) is 13.2 Å². The maximum atomic E-state index is 11.9. The molecule has 0 saturated heterocycles. The van der Waals surface area contributed by atoms with Crippen LogP contribution in [-0.4, -0.2) is 6.18 Å². The molecule has 0 fully saturated rings.